The van der Waals surface area contributed by atoms with Gasteiger partial charge in [-0.25, -0.2) is 0 Å². The largest absolute Gasteiger partial charge is 0.497 e. The summed E-state index contributed by atoms with van der Waals surface area (Å²) in [5.41, 5.74) is 2.87. The Hall–Kier alpha value is -2.37. The fourth-order valence-electron chi connectivity index (χ4n) is 4.99. The van der Waals surface area contributed by atoms with Crippen molar-refractivity contribution in [2.45, 2.75) is 30.4 Å². The van der Waals surface area contributed by atoms with E-state index in [1.165, 1.54) is 11.1 Å². The smallest absolute Gasteiger partial charge is 0.253 e. The van der Waals surface area contributed by atoms with E-state index in [4.69, 9.17) is 4.74 Å². The molecular formula is C23H28N2O3. The van der Waals surface area contributed by atoms with Crippen LogP contribution in [0, 0.1) is 0 Å². The van der Waals surface area contributed by atoms with Crippen molar-refractivity contribution in [3.8, 4) is 5.75 Å². The zero-order valence-electron chi connectivity index (χ0n) is 16.8. The van der Waals surface area contributed by atoms with Crippen LogP contribution >= 0.6 is 0 Å². The first kappa shape index (κ1) is 19.0. The van der Waals surface area contributed by atoms with Crippen LogP contribution in [-0.4, -0.2) is 61.2 Å². The standard InChI is InChI=1S/C23H28N2O3/c1-24(2)20-18-6-4-5-7-19(18)23(21(20)26)12-14-25(15-13-23)22(27)16-8-10-17(28-3)11-9-16/h4-11,20-21,26H,12-15H2,1-3H3/t20-,21+/m1/s1. The minimum atomic E-state index is -0.460. The van der Waals surface area contributed by atoms with Gasteiger partial charge in [0.25, 0.3) is 5.91 Å². The van der Waals surface area contributed by atoms with E-state index in [0.717, 1.165) is 18.6 Å². The summed E-state index contributed by atoms with van der Waals surface area (Å²) >= 11 is 0. The first-order valence-corrected chi connectivity index (χ1v) is 9.85. The third-order valence-electron chi connectivity index (χ3n) is 6.52. The number of fused-ring (bicyclic) bond motifs is 2. The minimum absolute atomic E-state index is 0.0000368. The normalized spacial score (nSPS) is 23.1. The molecule has 1 aliphatic carbocycles. The van der Waals surface area contributed by atoms with E-state index >= 15 is 0 Å². The molecule has 1 fully saturated rings. The predicted molar refractivity (Wildman–Crippen MR) is 109 cm³/mol. The van der Waals surface area contributed by atoms with Gasteiger partial charge in [0, 0.05) is 24.1 Å². The topological polar surface area (TPSA) is 53.0 Å². The lowest BCUT2D eigenvalue weighted by Gasteiger charge is -2.43. The van der Waals surface area contributed by atoms with Crippen LogP contribution in [0.4, 0.5) is 0 Å². The second-order valence-corrected chi connectivity index (χ2v) is 8.12. The third-order valence-corrected chi connectivity index (χ3v) is 6.52. The number of hydrogen-bond acceptors (Lipinski definition) is 4. The highest BCUT2D eigenvalue weighted by molar-refractivity contribution is 5.94. The maximum Gasteiger partial charge on any atom is 0.253 e. The molecule has 2 aromatic carbocycles. The number of hydrogen-bond donors (Lipinski definition) is 1. The second kappa shape index (κ2) is 7.22. The van der Waals surface area contributed by atoms with E-state index in [9.17, 15) is 9.90 Å². The van der Waals surface area contributed by atoms with Gasteiger partial charge in [0.1, 0.15) is 5.75 Å². The number of likely N-dealkylation sites (tertiary alicyclic amines) is 1. The molecule has 0 unspecified atom stereocenters. The number of carbonyl (C=O) groups is 1. The molecule has 4 rings (SSSR count). The van der Waals surface area contributed by atoms with Crippen molar-refractivity contribution in [1.29, 1.82) is 0 Å². The molecule has 2 aromatic rings. The zero-order valence-corrected chi connectivity index (χ0v) is 16.8. The average Bonchev–Trinajstić information content (AvgIpc) is 2.96. The summed E-state index contributed by atoms with van der Waals surface area (Å²) in [6.45, 7) is 1.30. The Morgan fingerprint density at radius 2 is 1.75 bits per heavy atom. The summed E-state index contributed by atoms with van der Waals surface area (Å²) in [7, 11) is 5.66. The van der Waals surface area contributed by atoms with E-state index in [2.05, 4.69) is 23.1 Å². The van der Waals surface area contributed by atoms with E-state index in [0.29, 0.717) is 18.7 Å². The highest BCUT2D eigenvalue weighted by atomic mass is 16.5. The number of carbonyl (C=O) groups excluding carboxylic acids is 1. The number of benzene rings is 2. The van der Waals surface area contributed by atoms with Crippen molar-refractivity contribution >= 4 is 5.91 Å². The highest BCUT2D eigenvalue weighted by Gasteiger charge is 2.53. The van der Waals surface area contributed by atoms with E-state index in [1.54, 1.807) is 7.11 Å². The number of amides is 1. The molecule has 1 heterocycles. The van der Waals surface area contributed by atoms with Crippen molar-refractivity contribution < 1.29 is 14.6 Å². The number of aliphatic hydroxyl groups excluding tert-OH is 1. The molecule has 2 atom stereocenters. The summed E-state index contributed by atoms with van der Waals surface area (Å²) < 4.78 is 5.18. The van der Waals surface area contributed by atoms with Gasteiger partial charge in [0.2, 0.25) is 0 Å². The molecule has 1 N–H and O–H groups in total. The molecule has 1 spiro atoms. The fraction of sp³-hybridized carbons (Fsp3) is 0.435. The molecule has 1 saturated heterocycles. The van der Waals surface area contributed by atoms with Gasteiger partial charge in [0.05, 0.1) is 19.3 Å². The Morgan fingerprint density at radius 3 is 2.36 bits per heavy atom. The molecule has 0 saturated carbocycles. The van der Waals surface area contributed by atoms with Gasteiger partial charge in [0.15, 0.2) is 0 Å². The summed E-state index contributed by atoms with van der Waals surface area (Å²) in [6.07, 6.45) is 1.09. The Bertz CT molecular complexity index is 854. The van der Waals surface area contributed by atoms with Crippen molar-refractivity contribution in [2.75, 3.05) is 34.3 Å². The highest BCUT2D eigenvalue weighted by Crippen LogP contribution is 2.52. The molecule has 5 heteroatoms. The summed E-state index contributed by atoms with van der Waals surface area (Å²) in [5, 5.41) is 11.3. The van der Waals surface area contributed by atoms with Crippen LogP contribution in [0.5, 0.6) is 5.75 Å². The van der Waals surface area contributed by atoms with Crippen molar-refractivity contribution in [3.63, 3.8) is 0 Å². The number of ether oxygens (including phenoxy) is 1. The van der Waals surface area contributed by atoms with Crippen LogP contribution in [0.15, 0.2) is 48.5 Å². The third kappa shape index (κ3) is 2.90. The van der Waals surface area contributed by atoms with Crippen LogP contribution in [0.2, 0.25) is 0 Å². The Labute approximate surface area is 166 Å². The summed E-state index contributed by atoms with van der Waals surface area (Å²) in [6, 6.07) is 15.6. The molecule has 2 aliphatic rings. The number of aliphatic hydroxyl groups is 1. The van der Waals surface area contributed by atoms with E-state index in [1.807, 2.05) is 49.3 Å². The number of likely N-dealkylation sites (N-methyl/N-ethyl adjacent to an activating group) is 1. The van der Waals surface area contributed by atoms with Gasteiger partial charge >= 0.3 is 0 Å². The molecule has 1 amide bonds. The second-order valence-electron chi connectivity index (χ2n) is 8.12. The van der Waals surface area contributed by atoms with Crippen LogP contribution < -0.4 is 4.74 Å². The number of piperidine rings is 1. The van der Waals surface area contributed by atoms with Gasteiger partial charge in [-0.2, -0.15) is 0 Å². The van der Waals surface area contributed by atoms with Crippen molar-refractivity contribution in [3.05, 3.63) is 65.2 Å². The molecule has 28 heavy (non-hydrogen) atoms. The lowest BCUT2D eigenvalue weighted by Crippen LogP contribution is -2.50. The van der Waals surface area contributed by atoms with E-state index in [-0.39, 0.29) is 17.4 Å². The van der Waals surface area contributed by atoms with E-state index < -0.39 is 6.10 Å². The van der Waals surface area contributed by atoms with Gasteiger partial charge in [-0.05, 0) is 62.3 Å². The van der Waals surface area contributed by atoms with Crippen LogP contribution in [0.3, 0.4) is 0 Å². The van der Waals surface area contributed by atoms with Crippen LogP contribution in [0.25, 0.3) is 0 Å². The predicted octanol–water partition coefficient (Wildman–Crippen LogP) is 2.85. The Balaban J connectivity index is 1.55. The Morgan fingerprint density at radius 1 is 1.11 bits per heavy atom. The summed E-state index contributed by atoms with van der Waals surface area (Å²) in [5.74, 6) is 0.789. The molecule has 0 aromatic heterocycles. The SMILES string of the molecule is COc1ccc(C(=O)N2CCC3(CC2)c2ccccc2[C@@H](N(C)C)[C@@H]3O)cc1. The van der Waals surface area contributed by atoms with Gasteiger partial charge in [-0.1, -0.05) is 24.3 Å². The van der Waals surface area contributed by atoms with Crippen LogP contribution in [0.1, 0.15) is 40.4 Å². The van der Waals surface area contributed by atoms with Crippen molar-refractivity contribution in [2.24, 2.45) is 0 Å². The Kier molecular flexibility index (Phi) is 4.89. The van der Waals surface area contributed by atoms with Gasteiger partial charge in [-0.3, -0.25) is 4.79 Å². The fourth-order valence-corrected chi connectivity index (χ4v) is 4.99. The lowest BCUT2D eigenvalue weighted by atomic mass is 9.72. The van der Waals surface area contributed by atoms with Gasteiger partial charge in [-0.15, -0.1) is 0 Å². The quantitative estimate of drug-likeness (QED) is 0.890. The molecule has 1 aliphatic heterocycles. The molecule has 0 radical (unpaired) electrons. The number of methoxy groups -OCH3 is 1. The first-order valence-electron chi connectivity index (χ1n) is 9.85. The molecule has 148 valence electrons. The zero-order chi connectivity index (χ0) is 19.9. The lowest BCUT2D eigenvalue weighted by molar-refractivity contribution is -0.00144. The molecule has 5 nitrogen and oxygen atoms in total. The average molecular weight is 380 g/mol. The molecular weight excluding hydrogens is 352 g/mol. The minimum Gasteiger partial charge on any atom is -0.497 e. The van der Waals surface area contributed by atoms with Gasteiger partial charge < -0.3 is 19.6 Å². The summed E-state index contributed by atoms with van der Waals surface area (Å²) in [4.78, 5) is 16.9. The number of rotatable bonds is 3. The van der Waals surface area contributed by atoms with Crippen LogP contribution in [-0.2, 0) is 5.41 Å². The number of nitrogens with zero attached hydrogens (tertiary/aromatic N) is 2. The maximum absolute atomic E-state index is 12.9. The monoisotopic (exact) mass is 380 g/mol. The molecule has 0 bridgehead atoms. The maximum atomic E-state index is 12.9. The first-order chi connectivity index (χ1) is 13.5. The van der Waals surface area contributed by atoms with Crippen molar-refractivity contribution in [1.82, 2.24) is 9.80 Å².